The number of hydrogen-bond donors (Lipinski definition) is 0. The van der Waals surface area contributed by atoms with Gasteiger partial charge in [0.15, 0.2) is 0 Å². The van der Waals surface area contributed by atoms with Gasteiger partial charge in [-0.05, 0) is 36.6 Å². The summed E-state index contributed by atoms with van der Waals surface area (Å²) in [5.74, 6) is -0.353. The van der Waals surface area contributed by atoms with E-state index >= 15 is 0 Å². The first kappa shape index (κ1) is 17.4. The fourth-order valence-corrected chi connectivity index (χ4v) is 3.35. The Labute approximate surface area is 156 Å². The van der Waals surface area contributed by atoms with E-state index in [9.17, 15) is 9.59 Å². The minimum absolute atomic E-state index is 0.0156. The Kier molecular flexibility index (Phi) is 4.98. The van der Waals surface area contributed by atoms with Crippen molar-refractivity contribution in [3.63, 3.8) is 0 Å². The van der Waals surface area contributed by atoms with Crippen LogP contribution in [-0.2, 0) is 11.3 Å². The van der Waals surface area contributed by atoms with Crippen LogP contribution >= 0.6 is 0 Å². The Morgan fingerprint density at radius 3 is 2.89 bits per heavy atom. The van der Waals surface area contributed by atoms with E-state index in [4.69, 9.17) is 9.15 Å². The molecule has 6 nitrogen and oxygen atoms in total. The zero-order chi connectivity index (χ0) is 18.6. The number of benzene rings is 1. The number of nitrogens with zero attached hydrogens (tertiary/aromatic N) is 2. The van der Waals surface area contributed by atoms with E-state index in [1.165, 1.54) is 0 Å². The van der Waals surface area contributed by atoms with E-state index in [1.54, 1.807) is 35.5 Å². The maximum absolute atomic E-state index is 13.2. The lowest BCUT2D eigenvalue weighted by Gasteiger charge is -2.25. The van der Waals surface area contributed by atoms with Gasteiger partial charge >= 0.3 is 5.63 Å². The van der Waals surface area contributed by atoms with Crippen LogP contribution in [0.15, 0.2) is 64.1 Å². The van der Waals surface area contributed by atoms with Gasteiger partial charge in [-0.25, -0.2) is 4.79 Å². The molecule has 0 bridgehead atoms. The average molecular weight is 364 g/mol. The van der Waals surface area contributed by atoms with Crippen LogP contribution in [-0.4, -0.2) is 35.0 Å². The quantitative estimate of drug-likeness (QED) is 0.651. The Hall–Kier alpha value is -2.99. The van der Waals surface area contributed by atoms with Crippen LogP contribution in [0.3, 0.4) is 0 Å². The van der Waals surface area contributed by atoms with Crippen LogP contribution < -0.4 is 5.63 Å². The molecule has 1 aliphatic rings. The van der Waals surface area contributed by atoms with E-state index in [2.05, 4.69) is 4.98 Å². The smallest absolute Gasteiger partial charge is 0.349 e. The van der Waals surface area contributed by atoms with Gasteiger partial charge in [0.2, 0.25) is 0 Å². The van der Waals surface area contributed by atoms with Crippen molar-refractivity contribution in [2.45, 2.75) is 25.5 Å². The van der Waals surface area contributed by atoms with Crippen LogP contribution in [0.25, 0.3) is 11.0 Å². The van der Waals surface area contributed by atoms with Gasteiger partial charge in [0.25, 0.3) is 5.91 Å². The molecule has 0 saturated carbocycles. The summed E-state index contributed by atoms with van der Waals surface area (Å²) in [6.07, 6.45) is 5.28. The number of fused-ring (bicyclic) bond motifs is 1. The van der Waals surface area contributed by atoms with Gasteiger partial charge in [0, 0.05) is 37.5 Å². The molecule has 3 aromatic rings. The summed E-state index contributed by atoms with van der Waals surface area (Å²) in [6.45, 7) is 1.50. The molecule has 1 saturated heterocycles. The van der Waals surface area contributed by atoms with Crippen molar-refractivity contribution in [3.8, 4) is 0 Å². The SMILES string of the molecule is O=C(c1cc2ccccc2oc1=O)N(Cc1cccnc1)CC1CCCO1. The third-order valence-corrected chi connectivity index (χ3v) is 4.70. The van der Waals surface area contributed by atoms with E-state index < -0.39 is 5.63 Å². The summed E-state index contributed by atoms with van der Waals surface area (Å²) in [7, 11) is 0. The fourth-order valence-electron chi connectivity index (χ4n) is 3.35. The van der Waals surface area contributed by atoms with Gasteiger partial charge in [0.1, 0.15) is 11.1 Å². The average Bonchev–Trinajstić information content (AvgIpc) is 3.20. The molecule has 138 valence electrons. The van der Waals surface area contributed by atoms with Gasteiger partial charge in [-0.3, -0.25) is 9.78 Å². The van der Waals surface area contributed by atoms with Crippen LogP contribution in [0, 0.1) is 0 Å². The molecule has 6 heteroatoms. The number of carbonyl (C=O) groups excluding carboxylic acids is 1. The number of amides is 1. The molecule has 1 aliphatic heterocycles. The van der Waals surface area contributed by atoms with Crippen LogP contribution in [0.2, 0.25) is 0 Å². The Bertz CT molecular complexity index is 994. The molecule has 0 radical (unpaired) electrons. The number of para-hydroxylation sites is 1. The second kappa shape index (κ2) is 7.72. The van der Waals surface area contributed by atoms with Crippen molar-refractivity contribution < 1.29 is 13.9 Å². The zero-order valence-corrected chi connectivity index (χ0v) is 14.8. The monoisotopic (exact) mass is 364 g/mol. The maximum atomic E-state index is 13.2. The van der Waals surface area contributed by atoms with Crippen LogP contribution in [0.4, 0.5) is 0 Å². The van der Waals surface area contributed by atoms with Crippen molar-refractivity contribution in [2.24, 2.45) is 0 Å². The molecule has 1 amide bonds. The van der Waals surface area contributed by atoms with Crippen LogP contribution in [0.1, 0.15) is 28.8 Å². The van der Waals surface area contributed by atoms with E-state index in [0.717, 1.165) is 23.8 Å². The normalized spacial score (nSPS) is 16.5. The lowest BCUT2D eigenvalue weighted by atomic mass is 10.1. The van der Waals surface area contributed by atoms with E-state index in [0.29, 0.717) is 25.3 Å². The summed E-state index contributed by atoms with van der Waals surface area (Å²) in [5.41, 5.74) is 0.781. The molecule has 1 atom stereocenters. The standard InChI is InChI=1S/C21H20N2O4/c24-20(18-11-16-6-1-2-8-19(16)27-21(18)25)23(14-17-7-4-10-26-17)13-15-5-3-9-22-12-15/h1-3,5-6,8-9,11-12,17H,4,7,10,13-14H2. The highest BCUT2D eigenvalue weighted by molar-refractivity contribution is 5.96. The highest BCUT2D eigenvalue weighted by Gasteiger charge is 2.26. The van der Waals surface area contributed by atoms with Crippen LogP contribution in [0.5, 0.6) is 0 Å². The number of carbonyl (C=O) groups is 1. The minimum Gasteiger partial charge on any atom is -0.422 e. The number of ether oxygens (including phenoxy) is 1. The van der Waals surface area contributed by atoms with Crippen molar-refractivity contribution in [2.75, 3.05) is 13.2 Å². The number of hydrogen-bond acceptors (Lipinski definition) is 5. The lowest BCUT2D eigenvalue weighted by Crippen LogP contribution is -2.38. The highest BCUT2D eigenvalue weighted by atomic mass is 16.5. The van der Waals surface area contributed by atoms with Gasteiger partial charge in [-0.15, -0.1) is 0 Å². The van der Waals surface area contributed by atoms with Crippen molar-refractivity contribution >= 4 is 16.9 Å². The summed E-state index contributed by atoms with van der Waals surface area (Å²) in [6, 6.07) is 12.5. The predicted molar refractivity (Wildman–Crippen MR) is 100 cm³/mol. The van der Waals surface area contributed by atoms with Gasteiger partial charge in [-0.2, -0.15) is 0 Å². The molecule has 1 aromatic carbocycles. The van der Waals surface area contributed by atoms with Crippen molar-refractivity contribution in [1.82, 2.24) is 9.88 Å². The fraction of sp³-hybridized carbons (Fsp3) is 0.286. The Morgan fingerprint density at radius 1 is 1.22 bits per heavy atom. The largest absolute Gasteiger partial charge is 0.422 e. The first-order valence-electron chi connectivity index (χ1n) is 9.03. The maximum Gasteiger partial charge on any atom is 0.349 e. The third kappa shape index (κ3) is 3.90. The molecule has 3 heterocycles. The molecule has 27 heavy (non-hydrogen) atoms. The van der Waals surface area contributed by atoms with E-state index in [1.807, 2.05) is 24.3 Å². The lowest BCUT2D eigenvalue weighted by molar-refractivity contribution is 0.0504. The first-order valence-corrected chi connectivity index (χ1v) is 9.03. The Morgan fingerprint density at radius 2 is 2.11 bits per heavy atom. The molecule has 2 aromatic heterocycles. The summed E-state index contributed by atoms with van der Waals surface area (Å²) < 4.78 is 11.0. The highest BCUT2D eigenvalue weighted by Crippen LogP contribution is 2.18. The number of rotatable bonds is 5. The number of pyridine rings is 1. The van der Waals surface area contributed by atoms with Crippen molar-refractivity contribution in [3.05, 3.63) is 76.4 Å². The van der Waals surface area contributed by atoms with Crippen molar-refractivity contribution in [1.29, 1.82) is 0 Å². The summed E-state index contributed by atoms with van der Waals surface area (Å²) in [5, 5.41) is 0.721. The predicted octanol–water partition coefficient (Wildman–Crippen LogP) is 3.01. The van der Waals surface area contributed by atoms with Gasteiger partial charge in [-0.1, -0.05) is 24.3 Å². The van der Waals surface area contributed by atoms with E-state index in [-0.39, 0.29) is 17.6 Å². The first-order chi connectivity index (χ1) is 13.2. The molecule has 0 aliphatic carbocycles. The molecule has 4 rings (SSSR count). The second-order valence-corrected chi connectivity index (χ2v) is 6.67. The molecular weight excluding hydrogens is 344 g/mol. The molecular formula is C21H20N2O4. The zero-order valence-electron chi connectivity index (χ0n) is 14.8. The van der Waals surface area contributed by atoms with Gasteiger partial charge < -0.3 is 14.1 Å². The third-order valence-electron chi connectivity index (χ3n) is 4.70. The second-order valence-electron chi connectivity index (χ2n) is 6.67. The molecule has 1 unspecified atom stereocenters. The number of aromatic nitrogens is 1. The minimum atomic E-state index is -0.623. The molecule has 0 spiro atoms. The summed E-state index contributed by atoms with van der Waals surface area (Å²) in [4.78, 5) is 31.4. The summed E-state index contributed by atoms with van der Waals surface area (Å²) >= 11 is 0. The molecule has 0 N–H and O–H groups in total. The van der Waals surface area contributed by atoms with Gasteiger partial charge in [0.05, 0.1) is 6.10 Å². The topological polar surface area (TPSA) is 72.6 Å². The molecule has 1 fully saturated rings. The Balaban J connectivity index is 1.66.